The van der Waals surface area contributed by atoms with Crippen molar-refractivity contribution in [2.45, 2.75) is 31.3 Å². The number of rotatable bonds is 7. The van der Waals surface area contributed by atoms with E-state index in [1.54, 1.807) is 10.9 Å². The van der Waals surface area contributed by atoms with Crippen LogP contribution in [0.25, 0.3) is 5.69 Å². The van der Waals surface area contributed by atoms with Crippen molar-refractivity contribution in [2.75, 3.05) is 0 Å². The number of nitrogens with zero attached hydrogens (tertiary/aromatic N) is 6. The van der Waals surface area contributed by atoms with E-state index in [0.29, 0.717) is 23.1 Å². The summed E-state index contributed by atoms with van der Waals surface area (Å²) in [6.45, 7) is 4.17. The summed E-state index contributed by atoms with van der Waals surface area (Å²) in [7, 11) is 0. The zero-order valence-electron chi connectivity index (χ0n) is 17.5. The van der Waals surface area contributed by atoms with Gasteiger partial charge in [0.05, 0.1) is 23.6 Å². The lowest BCUT2D eigenvalue weighted by molar-refractivity contribution is 0.0944. The lowest BCUT2D eigenvalue weighted by atomic mass is 10.2. The van der Waals surface area contributed by atoms with E-state index < -0.39 is 0 Å². The summed E-state index contributed by atoms with van der Waals surface area (Å²) in [6.07, 6.45) is 1.69. The van der Waals surface area contributed by atoms with Crippen molar-refractivity contribution in [3.8, 4) is 5.69 Å². The second kappa shape index (κ2) is 10.0. The first-order chi connectivity index (χ1) is 15.5. The molecule has 0 aliphatic rings. The Bertz CT molecular complexity index is 1210. The van der Waals surface area contributed by atoms with Gasteiger partial charge < -0.3 is 5.32 Å². The molecule has 8 nitrogen and oxygen atoms in total. The molecule has 0 unspecified atom stereocenters. The van der Waals surface area contributed by atoms with E-state index in [1.165, 1.54) is 11.8 Å². The van der Waals surface area contributed by atoms with Gasteiger partial charge in [-0.05, 0) is 56.3 Å². The largest absolute Gasteiger partial charge is 0.345 e. The first-order valence-corrected chi connectivity index (χ1v) is 11.6. The number of thioether (sulfide) groups is 1. The monoisotopic (exact) mass is 509 g/mol. The smallest absolute Gasteiger partial charge is 0.274 e. The number of hydrogen-bond donors (Lipinski definition) is 1. The van der Waals surface area contributed by atoms with Gasteiger partial charge in [-0.25, -0.2) is 14.6 Å². The highest BCUT2D eigenvalue weighted by Crippen LogP contribution is 2.24. The summed E-state index contributed by atoms with van der Waals surface area (Å²) in [6, 6.07) is 15.2. The third kappa shape index (κ3) is 5.38. The molecule has 1 amide bonds. The summed E-state index contributed by atoms with van der Waals surface area (Å²) in [4.78, 5) is 26.2. The van der Waals surface area contributed by atoms with Crippen LogP contribution in [0.1, 0.15) is 33.3 Å². The molecule has 3 heterocycles. The molecule has 1 aromatic carbocycles. The number of aryl methyl sites for hydroxylation is 2. The Balaban J connectivity index is 1.61. The van der Waals surface area contributed by atoms with Crippen LogP contribution >= 0.6 is 27.7 Å². The van der Waals surface area contributed by atoms with Crippen molar-refractivity contribution in [1.82, 2.24) is 35.3 Å². The van der Waals surface area contributed by atoms with E-state index in [0.717, 1.165) is 27.2 Å². The molecule has 4 rings (SSSR count). The van der Waals surface area contributed by atoms with Gasteiger partial charge in [-0.15, -0.1) is 5.10 Å². The predicted molar refractivity (Wildman–Crippen MR) is 126 cm³/mol. The zero-order chi connectivity index (χ0) is 22.5. The highest BCUT2D eigenvalue weighted by Gasteiger charge is 2.21. The van der Waals surface area contributed by atoms with Crippen LogP contribution in [-0.2, 0) is 12.3 Å². The minimum atomic E-state index is -0.309. The number of benzene rings is 1. The molecule has 0 aliphatic heterocycles. The van der Waals surface area contributed by atoms with Crippen LogP contribution in [-0.4, -0.2) is 35.9 Å². The average Bonchev–Trinajstić information content (AvgIpc) is 3.20. The summed E-state index contributed by atoms with van der Waals surface area (Å²) < 4.78 is 2.63. The van der Waals surface area contributed by atoms with Crippen molar-refractivity contribution in [3.63, 3.8) is 0 Å². The van der Waals surface area contributed by atoms with Crippen molar-refractivity contribution < 1.29 is 4.79 Å². The van der Waals surface area contributed by atoms with Gasteiger partial charge in [0.1, 0.15) is 0 Å². The summed E-state index contributed by atoms with van der Waals surface area (Å²) in [5, 5.41) is 12.0. The lowest BCUT2D eigenvalue weighted by Crippen LogP contribution is -2.25. The molecule has 1 N–H and O–H groups in total. The molecule has 0 saturated heterocycles. The van der Waals surface area contributed by atoms with E-state index in [2.05, 4.69) is 46.5 Å². The van der Waals surface area contributed by atoms with E-state index in [1.807, 2.05) is 62.4 Å². The number of halogens is 1. The second-order valence-electron chi connectivity index (χ2n) is 7.00. The Morgan fingerprint density at radius 1 is 1.09 bits per heavy atom. The molecule has 10 heteroatoms. The van der Waals surface area contributed by atoms with Crippen LogP contribution < -0.4 is 5.32 Å². The van der Waals surface area contributed by atoms with E-state index in [-0.39, 0.29) is 11.6 Å². The van der Waals surface area contributed by atoms with Crippen molar-refractivity contribution in [1.29, 1.82) is 0 Å². The Kier molecular flexibility index (Phi) is 6.91. The molecule has 0 bridgehead atoms. The molecule has 0 aliphatic carbocycles. The standard InChI is InChI=1S/C22H20BrN7OS/c1-14-11-15(2)27-22(26-14)32-13-19-20(21(31)25-12-17-5-3-4-10-24-17)28-29-30(19)18-8-6-16(23)7-9-18/h3-11H,12-13H2,1-2H3,(H,25,31). The van der Waals surface area contributed by atoms with Gasteiger partial charge in [0.2, 0.25) is 0 Å². The Labute approximate surface area is 198 Å². The van der Waals surface area contributed by atoms with Gasteiger partial charge in [-0.1, -0.05) is 39.0 Å². The Morgan fingerprint density at radius 2 is 1.84 bits per heavy atom. The maximum atomic E-state index is 13.0. The number of carbonyl (C=O) groups excluding carboxylic acids is 1. The van der Waals surface area contributed by atoms with Crippen LogP contribution in [0.4, 0.5) is 0 Å². The normalized spacial score (nSPS) is 10.8. The summed E-state index contributed by atoms with van der Waals surface area (Å²) in [5.41, 5.74) is 4.29. The first kappa shape index (κ1) is 22.1. The minimum Gasteiger partial charge on any atom is -0.345 e. The highest BCUT2D eigenvalue weighted by molar-refractivity contribution is 9.10. The van der Waals surface area contributed by atoms with Crippen LogP contribution in [0.5, 0.6) is 0 Å². The molecule has 0 spiro atoms. The SMILES string of the molecule is Cc1cc(C)nc(SCc2c(C(=O)NCc3ccccn3)nnn2-c2ccc(Br)cc2)n1. The van der Waals surface area contributed by atoms with Crippen LogP contribution in [0.2, 0.25) is 0 Å². The number of nitrogens with one attached hydrogen (secondary N) is 1. The second-order valence-corrected chi connectivity index (χ2v) is 8.86. The minimum absolute atomic E-state index is 0.265. The molecule has 3 aromatic heterocycles. The van der Waals surface area contributed by atoms with Gasteiger partial charge in [-0.2, -0.15) is 0 Å². The zero-order valence-corrected chi connectivity index (χ0v) is 19.9. The average molecular weight is 510 g/mol. The molecule has 0 fully saturated rings. The number of hydrogen-bond acceptors (Lipinski definition) is 7. The first-order valence-electron chi connectivity index (χ1n) is 9.83. The maximum Gasteiger partial charge on any atom is 0.274 e. The molecule has 4 aromatic rings. The molecule has 162 valence electrons. The maximum absolute atomic E-state index is 13.0. The molecule has 0 saturated carbocycles. The fourth-order valence-corrected chi connectivity index (χ4v) is 4.25. The van der Waals surface area contributed by atoms with Crippen molar-refractivity contribution in [2.24, 2.45) is 0 Å². The van der Waals surface area contributed by atoms with E-state index in [4.69, 9.17) is 0 Å². The van der Waals surface area contributed by atoms with Gasteiger partial charge in [0.15, 0.2) is 10.9 Å². The van der Waals surface area contributed by atoms with Gasteiger partial charge >= 0.3 is 0 Å². The topological polar surface area (TPSA) is 98.5 Å². The van der Waals surface area contributed by atoms with Crippen molar-refractivity contribution >= 4 is 33.6 Å². The third-order valence-electron chi connectivity index (χ3n) is 4.51. The van der Waals surface area contributed by atoms with E-state index in [9.17, 15) is 4.79 Å². The fraction of sp³-hybridized carbons (Fsp3) is 0.182. The number of amides is 1. The van der Waals surface area contributed by atoms with Gasteiger partial charge in [0, 0.05) is 27.8 Å². The Hall–Kier alpha value is -3.11. The van der Waals surface area contributed by atoms with E-state index >= 15 is 0 Å². The summed E-state index contributed by atoms with van der Waals surface area (Å²) in [5.74, 6) is 0.120. The molecule has 32 heavy (non-hydrogen) atoms. The number of pyridine rings is 1. The number of aromatic nitrogens is 6. The quantitative estimate of drug-likeness (QED) is 0.296. The molecule has 0 radical (unpaired) electrons. The van der Waals surface area contributed by atoms with Crippen LogP contribution in [0.15, 0.2) is 64.4 Å². The van der Waals surface area contributed by atoms with Crippen LogP contribution in [0.3, 0.4) is 0 Å². The fourth-order valence-electron chi connectivity index (χ4n) is 3.05. The Morgan fingerprint density at radius 3 is 2.53 bits per heavy atom. The predicted octanol–water partition coefficient (Wildman–Crippen LogP) is 4.05. The van der Waals surface area contributed by atoms with Gasteiger partial charge in [-0.3, -0.25) is 9.78 Å². The summed E-state index contributed by atoms with van der Waals surface area (Å²) >= 11 is 4.89. The molecular weight excluding hydrogens is 490 g/mol. The molecular formula is C22H20BrN7OS. The van der Waals surface area contributed by atoms with Gasteiger partial charge in [0.25, 0.3) is 5.91 Å². The number of carbonyl (C=O) groups is 1. The third-order valence-corrected chi connectivity index (χ3v) is 5.89. The highest BCUT2D eigenvalue weighted by atomic mass is 79.9. The van der Waals surface area contributed by atoms with Crippen molar-refractivity contribution in [3.05, 3.63) is 87.7 Å². The van der Waals surface area contributed by atoms with Crippen LogP contribution in [0, 0.1) is 13.8 Å². The lowest BCUT2D eigenvalue weighted by Gasteiger charge is -2.09. The molecule has 0 atom stereocenters.